The van der Waals surface area contributed by atoms with Gasteiger partial charge in [-0.1, -0.05) is 18.2 Å². The molecular weight excluding hydrogens is 349 g/mol. The molecule has 0 spiro atoms. The van der Waals surface area contributed by atoms with E-state index in [0.717, 1.165) is 12.1 Å². The van der Waals surface area contributed by atoms with Gasteiger partial charge in [0.05, 0.1) is 11.3 Å². The molecule has 2 aromatic carbocycles. The molecule has 0 unspecified atom stereocenters. The highest BCUT2D eigenvalue weighted by atomic mass is 79.9. The van der Waals surface area contributed by atoms with Crippen LogP contribution in [0.2, 0.25) is 0 Å². The fraction of sp³-hybridized carbons (Fsp3) is 0.0714. The molecule has 21 heavy (non-hydrogen) atoms. The predicted molar refractivity (Wildman–Crippen MR) is 78.2 cm³/mol. The number of alkyl halides is 3. The summed E-state index contributed by atoms with van der Waals surface area (Å²) in [6.07, 6.45) is -4.47. The van der Waals surface area contributed by atoms with Crippen LogP contribution in [0.25, 0.3) is 0 Å². The number of carbonyl (C=O) groups excluding carboxylic acids is 1. The number of carbonyl (C=O) groups is 1. The third kappa shape index (κ3) is 4.22. The monoisotopic (exact) mass is 358 g/mol. The van der Waals surface area contributed by atoms with Crippen molar-refractivity contribution in [3.8, 4) is 0 Å². The van der Waals surface area contributed by atoms with Gasteiger partial charge < -0.3 is 10.6 Å². The van der Waals surface area contributed by atoms with E-state index in [0.29, 0.717) is 10.2 Å². The van der Waals surface area contributed by atoms with Gasteiger partial charge in [0.15, 0.2) is 0 Å². The number of urea groups is 1. The van der Waals surface area contributed by atoms with Gasteiger partial charge in [0.2, 0.25) is 0 Å². The minimum Gasteiger partial charge on any atom is -0.308 e. The Labute approximate surface area is 127 Å². The number of para-hydroxylation sites is 1. The average Bonchev–Trinajstić information content (AvgIpc) is 2.41. The molecule has 0 aliphatic heterocycles. The topological polar surface area (TPSA) is 41.1 Å². The molecule has 0 aromatic heterocycles. The van der Waals surface area contributed by atoms with Crippen LogP contribution in [0.4, 0.5) is 29.3 Å². The minimum absolute atomic E-state index is 0.0401. The van der Waals surface area contributed by atoms with E-state index < -0.39 is 17.8 Å². The van der Waals surface area contributed by atoms with Crippen LogP contribution in [0.1, 0.15) is 5.56 Å². The first-order chi connectivity index (χ1) is 9.86. The molecule has 3 nitrogen and oxygen atoms in total. The normalized spacial score (nSPS) is 11.0. The second-order valence-corrected chi connectivity index (χ2v) is 4.99. The van der Waals surface area contributed by atoms with Crippen LogP contribution in [-0.4, -0.2) is 6.03 Å². The lowest BCUT2D eigenvalue weighted by Gasteiger charge is -2.12. The molecule has 0 heterocycles. The average molecular weight is 359 g/mol. The molecule has 0 radical (unpaired) electrons. The minimum atomic E-state index is -4.47. The van der Waals surface area contributed by atoms with Crippen molar-refractivity contribution in [2.24, 2.45) is 0 Å². The van der Waals surface area contributed by atoms with Crippen LogP contribution in [0.15, 0.2) is 53.0 Å². The molecule has 2 amide bonds. The van der Waals surface area contributed by atoms with Gasteiger partial charge in [-0.15, -0.1) is 0 Å². The molecule has 2 aromatic rings. The summed E-state index contributed by atoms with van der Waals surface area (Å²) in [4.78, 5) is 11.8. The number of rotatable bonds is 2. The number of anilines is 2. The Hall–Kier alpha value is -2.02. The molecule has 110 valence electrons. The molecule has 0 saturated heterocycles. The van der Waals surface area contributed by atoms with E-state index in [-0.39, 0.29) is 5.69 Å². The number of amides is 2. The molecule has 0 atom stereocenters. The van der Waals surface area contributed by atoms with Crippen molar-refractivity contribution >= 4 is 33.3 Å². The Morgan fingerprint density at radius 2 is 1.67 bits per heavy atom. The van der Waals surface area contributed by atoms with Crippen LogP contribution < -0.4 is 10.6 Å². The summed E-state index contributed by atoms with van der Waals surface area (Å²) in [6, 6.07) is 11.0. The smallest absolute Gasteiger partial charge is 0.308 e. The Kier molecular flexibility index (Phi) is 4.52. The lowest BCUT2D eigenvalue weighted by Crippen LogP contribution is -2.20. The second kappa shape index (κ2) is 6.17. The maximum atomic E-state index is 12.6. The third-order valence-corrected chi connectivity index (χ3v) is 3.27. The van der Waals surface area contributed by atoms with E-state index >= 15 is 0 Å². The zero-order chi connectivity index (χ0) is 15.5. The number of halogens is 4. The number of benzene rings is 2. The molecule has 0 fully saturated rings. The van der Waals surface area contributed by atoms with Crippen molar-refractivity contribution in [3.05, 3.63) is 58.6 Å². The van der Waals surface area contributed by atoms with Crippen molar-refractivity contribution in [1.29, 1.82) is 0 Å². The largest absolute Gasteiger partial charge is 0.416 e. The van der Waals surface area contributed by atoms with E-state index in [1.807, 2.05) is 0 Å². The first-order valence-electron chi connectivity index (χ1n) is 5.86. The Balaban J connectivity index is 2.14. The van der Waals surface area contributed by atoms with Gasteiger partial charge in [-0.2, -0.15) is 13.2 Å². The van der Waals surface area contributed by atoms with Gasteiger partial charge in [0.25, 0.3) is 0 Å². The summed E-state index contributed by atoms with van der Waals surface area (Å²) in [7, 11) is 0. The summed E-state index contributed by atoms with van der Waals surface area (Å²) in [5.74, 6) is 0. The summed E-state index contributed by atoms with van der Waals surface area (Å²) >= 11 is 3.10. The summed E-state index contributed by atoms with van der Waals surface area (Å²) in [5.41, 5.74) is -0.253. The molecule has 7 heteroatoms. The molecule has 0 bridgehead atoms. The zero-order valence-electron chi connectivity index (χ0n) is 10.5. The van der Waals surface area contributed by atoms with Crippen LogP contribution in [0, 0.1) is 0 Å². The lowest BCUT2D eigenvalue weighted by molar-refractivity contribution is -0.137. The van der Waals surface area contributed by atoms with Gasteiger partial charge in [-0.05, 0) is 46.3 Å². The van der Waals surface area contributed by atoms with E-state index in [2.05, 4.69) is 26.6 Å². The van der Waals surface area contributed by atoms with Crippen LogP contribution in [-0.2, 0) is 6.18 Å². The Morgan fingerprint density at radius 1 is 1.00 bits per heavy atom. The lowest BCUT2D eigenvalue weighted by atomic mass is 10.2. The van der Waals surface area contributed by atoms with Crippen molar-refractivity contribution in [2.45, 2.75) is 6.18 Å². The highest BCUT2D eigenvalue weighted by Crippen LogP contribution is 2.33. The van der Waals surface area contributed by atoms with Crippen molar-refractivity contribution < 1.29 is 18.0 Å². The van der Waals surface area contributed by atoms with Crippen LogP contribution in [0.5, 0.6) is 0 Å². The van der Waals surface area contributed by atoms with E-state index in [4.69, 9.17) is 0 Å². The summed E-state index contributed by atoms with van der Waals surface area (Å²) in [5, 5.41) is 4.90. The number of hydrogen-bond acceptors (Lipinski definition) is 1. The molecular formula is C14H10BrF3N2O. The number of nitrogens with one attached hydrogen (secondary N) is 2. The van der Waals surface area contributed by atoms with E-state index in [9.17, 15) is 18.0 Å². The van der Waals surface area contributed by atoms with Gasteiger partial charge in [-0.3, -0.25) is 0 Å². The van der Waals surface area contributed by atoms with Gasteiger partial charge in [0, 0.05) is 10.2 Å². The fourth-order valence-electron chi connectivity index (χ4n) is 1.60. The van der Waals surface area contributed by atoms with Crippen molar-refractivity contribution in [1.82, 2.24) is 0 Å². The molecule has 0 saturated carbocycles. The summed E-state index contributed by atoms with van der Waals surface area (Å²) < 4.78 is 38.3. The number of hydrogen-bond donors (Lipinski definition) is 2. The SMILES string of the molecule is O=C(Nc1ccccc1)Nc1cc(C(F)(F)F)ccc1Br. The molecule has 0 aliphatic rings. The molecule has 0 aliphatic carbocycles. The highest BCUT2D eigenvalue weighted by Gasteiger charge is 2.31. The maximum absolute atomic E-state index is 12.6. The van der Waals surface area contributed by atoms with E-state index in [1.54, 1.807) is 30.3 Å². The Bertz CT molecular complexity index is 644. The quantitative estimate of drug-likeness (QED) is 0.769. The molecule has 2 N–H and O–H groups in total. The van der Waals surface area contributed by atoms with Gasteiger partial charge >= 0.3 is 12.2 Å². The predicted octanol–water partition coefficient (Wildman–Crippen LogP) is 5.11. The summed E-state index contributed by atoms with van der Waals surface area (Å²) in [6.45, 7) is 0. The fourth-order valence-corrected chi connectivity index (χ4v) is 1.95. The van der Waals surface area contributed by atoms with Crippen molar-refractivity contribution in [3.63, 3.8) is 0 Å². The second-order valence-electron chi connectivity index (χ2n) is 4.14. The zero-order valence-corrected chi connectivity index (χ0v) is 12.1. The van der Waals surface area contributed by atoms with Gasteiger partial charge in [-0.25, -0.2) is 4.79 Å². The first-order valence-corrected chi connectivity index (χ1v) is 6.65. The first kappa shape index (κ1) is 15.4. The standard InChI is InChI=1S/C14H10BrF3N2O/c15-11-7-6-9(14(16,17)18)8-12(11)20-13(21)19-10-4-2-1-3-5-10/h1-8H,(H2,19,20,21). The van der Waals surface area contributed by atoms with Gasteiger partial charge in [0.1, 0.15) is 0 Å². The van der Waals surface area contributed by atoms with Crippen molar-refractivity contribution in [2.75, 3.05) is 10.6 Å². The Morgan fingerprint density at radius 3 is 2.29 bits per heavy atom. The van der Waals surface area contributed by atoms with Crippen LogP contribution >= 0.6 is 15.9 Å². The highest BCUT2D eigenvalue weighted by molar-refractivity contribution is 9.10. The third-order valence-electron chi connectivity index (χ3n) is 2.57. The van der Waals surface area contributed by atoms with Crippen LogP contribution in [0.3, 0.4) is 0 Å². The molecule has 2 rings (SSSR count). The van der Waals surface area contributed by atoms with E-state index in [1.165, 1.54) is 6.07 Å². The maximum Gasteiger partial charge on any atom is 0.416 e.